The van der Waals surface area contributed by atoms with Crippen LogP contribution < -0.4 is 0 Å². The Morgan fingerprint density at radius 1 is 0.500 bits per heavy atom. The second kappa shape index (κ2) is 33.4. The molecule has 296 valence electrons. The molecule has 0 saturated heterocycles. The minimum atomic E-state index is 0. The van der Waals surface area contributed by atoms with Crippen molar-refractivity contribution in [3.63, 3.8) is 0 Å². The van der Waals surface area contributed by atoms with E-state index in [4.69, 9.17) is 0 Å². The average molecular weight is 756 g/mol. The van der Waals surface area contributed by atoms with Gasteiger partial charge in [0.1, 0.15) is 0 Å². The van der Waals surface area contributed by atoms with Crippen molar-refractivity contribution in [1.82, 2.24) is 0 Å². The van der Waals surface area contributed by atoms with E-state index < -0.39 is 0 Å². The SMILES string of the molecule is CCCCC(=C=[N+]=[N-])C(CCCC)=C(c1cc(CCC)c(CCC)c(CCC)c1)c1cc(CCCC)c(CCCC)c(CCCC)c1.[CH2-]C.[CH2-]C.[Ni+2]. The van der Waals surface area contributed by atoms with Crippen molar-refractivity contribution in [3.8, 4) is 0 Å². The van der Waals surface area contributed by atoms with Crippen LogP contribution in [-0.2, 0) is 55.0 Å². The predicted molar refractivity (Wildman–Crippen MR) is 230 cm³/mol. The van der Waals surface area contributed by atoms with E-state index in [1.165, 1.54) is 84.8 Å². The Morgan fingerprint density at radius 3 is 1.25 bits per heavy atom. The smallest absolute Gasteiger partial charge is 0.348 e. The first-order valence-corrected chi connectivity index (χ1v) is 21.4. The molecule has 2 aromatic rings. The standard InChI is InChI=1S/C45H70N2.2C2H5.Ni/c1-9-17-25-37-32-41(33-38(26-18-10-2)43(37)28-20-12-4)45(44(29-21-13-5)39(34-47-46)27-19-11-3)40-30-35(22-14-6)42(24-16-8)36(31-40)23-15-7;2*1-2;/h30-33H,9-29H2,1-8H3;2*1H2,2H3;/q;2*-1;+2. The Morgan fingerprint density at radius 2 is 0.865 bits per heavy atom. The number of aryl methyl sites for hydroxylation is 4. The Balaban J connectivity index is 0. The molecular weight excluding hydrogens is 675 g/mol. The number of nitrogens with zero attached hydrogens (tertiary/aromatic N) is 2. The van der Waals surface area contributed by atoms with Crippen LogP contribution in [0.15, 0.2) is 35.4 Å². The Hall–Kier alpha value is -2.17. The van der Waals surface area contributed by atoms with Crippen molar-refractivity contribution >= 4 is 11.4 Å². The van der Waals surface area contributed by atoms with Gasteiger partial charge >= 0.3 is 22.4 Å². The number of rotatable bonds is 24. The number of hydrogen-bond donors (Lipinski definition) is 0. The quantitative estimate of drug-likeness (QED) is 0.0255. The minimum absolute atomic E-state index is 0. The summed E-state index contributed by atoms with van der Waals surface area (Å²) in [6.45, 7) is 28.5. The van der Waals surface area contributed by atoms with E-state index in [1.54, 1.807) is 36.1 Å². The van der Waals surface area contributed by atoms with Crippen LogP contribution >= 0.6 is 0 Å². The summed E-state index contributed by atoms with van der Waals surface area (Å²) < 4.78 is 0. The zero-order valence-electron chi connectivity index (χ0n) is 35.8. The third kappa shape index (κ3) is 17.3. The average Bonchev–Trinajstić information content (AvgIpc) is 3.15. The van der Waals surface area contributed by atoms with Gasteiger partial charge in [-0.1, -0.05) is 131 Å². The Bertz CT molecular complexity index is 1280. The first-order valence-electron chi connectivity index (χ1n) is 21.4. The molecule has 2 nitrogen and oxygen atoms in total. The number of allylic oxidation sites excluding steroid dienone is 2. The van der Waals surface area contributed by atoms with Crippen LogP contribution in [0.25, 0.3) is 11.1 Å². The molecule has 0 aliphatic rings. The summed E-state index contributed by atoms with van der Waals surface area (Å²) >= 11 is 0. The normalized spacial score (nSPS) is 10.8. The third-order valence-corrected chi connectivity index (χ3v) is 9.78. The summed E-state index contributed by atoms with van der Waals surface area (Å²) in [5.74, 6) is 3.13. The van der Waals surface area contributed by atoms with E-state index in [-0.39, 0.29) is 16.5 Å². The van der Waals surface area contributed by atoms with E-state index in [1.807, 2.05) is 0 Å². The van der Waals surface area contributed by atoms with Crippen molar-refractivity contribution in [2.45, 2.75) is 204 Å². The molecule has 0 spiro atoms. The Labute approximate surface area is 334 Å². The van der Waals surface area contributed by atoms with E-state index >= 15 is 0 Å². The van der Waals surface area contributed by atoms with Gasteiger partial charge in [-0.3, -0.25) is 0 Å². The molecule has 3 heteroatoms. The maximum atomic E-state index is 9.93. The fraction of sp³-hybridized carbons (Fsp3) is 0.633. The molecule has 0 radical (unpaired) electrons. The topological polar surface area (TPSA) is 36.4 Å². The van der Waals surface area contributed by atoms with Crippen molar-refractivity contribution in [3.05, 3.63) is 99.3 Å². The number of unbranched alkanes of at least 4 members (excludes halogenated alkanes) is 5. The molecule has 2 aromatic carbocycles. The van der Waals surface area contributed by atoms with Gasteiger partial charge in [0.05, 0.1) is 5.57 Å². The van der Waals surface area contributed by atoms with Crippen LogP contribution in [0.4, 0.5) is 0 Å². The summed E-state index contributed by atoms with van der Waals surface area (Å²) in [6, 6.07) is 10.3. The van der Waals surface area contributed by atoms with Gasteiger partial charge in [0.15, 0.2) is 0 Å². The second-order valence-electron chi connectivity index (χ2n) is 13.9. The molecular formula is C49H80N2Ni. The fourth-order valence-corrected chi connectivity index (χ4v) is 7.28. The molecule has 0 saturated carbocycles. The predicted octanol–water partition coefficient (Wildman–Crippen LogP) is 15.3. The van der Waals surface area contributed by atoms with Gasteiger partial charge in [-0.15, -0.1) is 4.79 Å². The van der Waals surface area contributed by atoms with Gasteiger partial charge in [-0.2, -0.15) is 13.8 Å². The summed E-state index contributed by atoms with van der Waals surface area (Å²) in [5.41, 5.74) is 25.9. The minimum Gasteiger partial charge on any atom is -0.348 e. The molecule has 0 aliphatic carbocycles. The monoisotopic (exact) mass is 755 g/mol. The summed E-state index contributed by atoms with van der Waals surface area (Å²) in [6.07, 6.45) is 24.0. The van der Waals surface area contributed by atoms with Crippen molar-refractivity contribution < 1.29 is 21.3 Å². The second-order valence-corrected chi connectivity index (χ2v) is 13.9. The maximum absolute atomic E-state index is 9.93. The zero-order valence-corrected chi connectivity index (χ0v) is 36.8. The third-order valence-electron chi connectivity index (χ3n) is 9.78. The summed E-state index contributed by atoms with van der Waals surface area (Å²) in [5, 5.41) is 0. The van der Waals surface area contributed by atoms with Gasteiger partial charge in [0, 0.05) is 0 Å². The largest absolute Gasteiger partial charge is 2.00 e. The molecule has 0 aromatic heterocycles. The number of hydrogen-bond acceptors (Lipinski definition) is 0. The molecule has 0 fully saturated rings. The molecule has 0 atom stereocenters. The van der Waals surface area contributed by atoms with E-state index in [0.29, 0.717) is 0 Å². The van der Waals surface area contributed by atoms with Crippen LogP contribution in [-0.4, -0.2) is 10.7 Å². The first kappa shape index (κ1) is 51.9. The van der Waals surface area contributed by atoms with Crippen molar-refractivity contribution in [2.24, 2.45) is 0 Å². The van der Waals surface area contributed by atoms with Gasteiger partial charge < -0.3 is 19.4 Å². The molecule has 0 amide bonds. The van der Waals surface area contributed by atoms with Gasteiger partial charge in [0.2, 0.25) is 0 Å². The summed E-state index contributed by atoms with van der Waals surface area (Å²) in [4.78, 5) is 3.56. The van der Waals surface area contributed by atoms with Crippen LogP contribution in [0.2, 0.25) is 0 Å². The Kier molecular flexibility index (Phi) is 33.4. The van der Waals surface area contributed by atoms with Crippen LogP contribution in [0, 0.1) is 13.8 Å². The van der Waals surface area contributed by atoms with E-state index in [2.05, 4.69) is 104 Å². The molecule has 0 N–H and O–H groups in total. The molecule has 52 heavy (non-hydrogen) atoms. The number of benzene rings is 2. The van der Waals surface area contributed by atoms with Gasteiger partial charge in [-0.05, 0) is 139 Å². The fourth-order valence-electron chi connectivity index (χ4n) is 7.28. The van der Waals surface area contributed by atoms with Gasteiger partial charge in [0.25, 0.3) is 0 Å². The van der Waals surface area contributed by atoms with E-state index in [0.717, 1.165) is 89.0 Å². The zero-order chi connectivity index (χ0) is 38.4. The maximum Gasteiger partial charge on any atom is 2.00 e. The molecule has 0 unspecified atom stereocenters. The van der Waals surface area contributed by atoms with Crippen molar-refractivity contribution in [1.29, 1.82) is 0 Å². The molecule has 0 aliphatic heterocycles. The van der Waals surface area contributed by atoms with Crippen LogP contribution in [0.3, 0.4) is 0 Å². The summed E-state index contributed by atoms with van der Waals surface area (Å²) in [7, 11) is 0. The first-order chi connectivity index (χ1) is 25.0. The van der Waals surface area contributed by atoms with Crippen LogP contribution in [0.5, 0.6) is 0 Å². The van der Waals surface area contributed by atoms with Crippen LogP contribution in [0.1, 0.15) is 210 Å². The van der Waals surface area contributed by atoms with Crippen molar-refractivity contribution in [2.75, 3.05) is 0 Å². The molecule has 2 rings (SSSR count). The molecule has 0 heterocycles. The molecule has 0 bridgehead atoms. The van der Waals surface area contributed by atoms with E-state index in [9.17, 15) is 5.53 Å². The van der Waals surface area contributed by atoms with Gasteiger partial charge in [-0.25, -0.2) is 0 Å².